The average Bonchev–Trinajstić information content (AvgIpc) is 2.91. The van der Waals surface area contributed by atoms with Gasteiger partial charge in [-0.3, -0.25) is 24.4 Å². The Labute approximate surface area is 142 Å². The topological polar surface area (TPSA) is 142 Å². The molecule has 1 unspecified atom stereocenters. The SMILES string of the molecule is CC(=O)C(C(=O)c1ccc(S(C)(=O)=O)cc1[N+](=O)[O-])c1cn(C)nn1. The molecule has 1 atom stereocenters. The molecule has 1 aromatic carbocycles. The summed E-state index contributed by atoms with van der Waals surface area (Å²) in [6.45, 7) is 1.16. The number of benzene rings is 1. The van der Waals surface area contributed by atoms with Crippen molar-refractivity contribution in [2.24, 2.45) is 7.05 Å². The predicted octanol–water partition coefficient (Wildman–Crippen LogP) is 0.682. The van der Waals surface area contributed by atoms with E-state index in [4.69, 9.17) is 0 Å². The van der Waals surface area contributed by atoms with E-state index in [9.17, 15) is 28.1 Å². The third-order valence-corrected chi connectivity index (χ3v) is 4.55. The van der Waals surface area contributed by atoms with E-state index in [1.807, 2.05) is 0 Å². The number of nitrogens with zero attached hydrogens (tertiary/aromatic N) is 4. The van der Waals surface area contributed by atoms with Crippen molar-refractivity contribution in [2.75, 3.05) is 6.26 Å². The van der Waals surface area contributed by atoms with Gasteiger partial charge in [0.1, 0.15) is 17.4 Å². The Hall–Kier alpha value is -2.95. The fraction of sp³-hybridized carbons (Fsp3) is 0.286. The maximum atomic E-state index is 12.7. The Morgan fingerprint density at radius 3 is 2.40 bits per heavy atom. The van der Waals surface area contributed by atoms with Crippen LogP contribution in [-0.2, 0) is 21.7 Å². The van der Waals surface area contributed by atoms with Gasteiger partial charge in [0.25, 0.3) is 5.69 Å². The van der Waals surface area contributed by atoms with Crippen molar-refractivity contribution in [3.63, 3.8) is 0 Å². The Bertz CT molecular complexity index is 979. The van der Waals surface area contributed by atoms with Crippen LogP contribution in [0.1, 0.15) is 28.9 Å². The van der Waals surface area contributed by atoms with Crippen molar-refractivity contribution in [3.8, 4) is 0 Å². The summed E-state index contributed by atoms with van der Waals surface area (Å²) in [5.41, 5.74) is -1.01. The van der Waals surface area contributed by atoms with E-state index in [0.717, 1.165) is 31.4 Å². The summed E-state index contributed by atoms with van der Waals surface area (Å²) < 4.78 is 24.4. The van der Waals surface area contributed by atoms with Gasteiger partial charge >= 0.3 is 0 Å². The summed E-state index contributed by atoms with van der Waals surface area (Å²) in [5.74, 6) is -2.77. The lowest BCUT2D eigenvalue weighted by Gasteiger charge is -2.10. The molecule has 0 N–H and O–H groups in total. The van der Waals surface area contributed by atoms with Gasteiger partial charge < -0.3 is 0 Å². The molecule has 0 radical (unpaired) electrons. The summed E-state index contributed by atoms with van der Waals surface area (Å²) in [4.78, 5) is 34.8. The first kappa shape index (κ1) is 18.4. The third-order valence-electron chi connectivity index (χ3n) is 3.44. The largest absolute Gasteiger partial charge is 0.299 e. The predicted molar refractivity (Wildman–Crippen MR) is 85.0 cm³/mol. The van der Waals surface area contributed by atoms with E-state index in [1.165, 1.54) is 10.9 Å². The van der Waals surface area contributed by atoms with E-state index in [-0.39, 0.29) is 16.2 Å². The average molecular weight is 366 g/mol. The minimum atomic E-state index is -3.70. The molecule has 0 aliphatic heterocycles. The molecule has 10 nitrogen and oxygen atoms in total. The number of hydrogen-bond donors (Lipinski definition) is 0. The van der Waals surface area contributed by atoms with Crippen molar-refractivity contribution in [1.82, 2.24) is 15.0 Å². The lowest BCUT2D eigenvalue weighted by molar-refractivity contribution is -0.385. The molecule has 11 heteroatoms. The number of nitro groups is 1. The summed E-state index contributed by atoms with van der Waals surface area (Å²) in [6, 6.07) is 2.92. The van der Waals surface area contributed by atoms with Crippen molar-refractivity contribution < 1.29 is 22.9 Å². The molecule has 2 aromatic rings. The van der Waals surface area contributed by atoms with Crippen LogP contribution in [0.25, 0.3) is 0 Å². The Morgan fingerprint density at radius 2 is 1.96 bits per heavy atom. The number of ketones is 2. The molecule has 0 amide bonds. The zero-order chi connectivity index (χ0) is 18.9. The molecule has 1 aromatic heterocycles. The molecular weight excluding hydrogens is 352 g/mol. The minimum absolute atomic E-state index is 0.0569. The number of nitro benzene ring substituents is 1. The Kier molecular flexibility index (Phi) is 4.79. The molecule has 1 heterocycles. The van der Waals surface area contributed by atoms with Gasteiger partial charge in [-0.1, -0.05) is 5.21 Å². The van der Waals surface area contributed by atoms with Crippen LogP contribution >= 0.6 is 0 Å². The Morgan fingerprint density at radius 1 is 1.32 bits per heavy atom. The maximum absolute atomic E-state index is 12.7. The molecule has 132 valence electrons. The highest BCUT2D eigenvalue weighted by Gasteiger charge is 2.34. The number of hydrogen-bond acceptors (Lipinski definition) is 8. The van der Waals surface area contributed by atoms with Crippen LogP contribution in [0.3, 0.4) is 0 Å². The van der Waals surface area contributed by atoms with Gasteiger partial charge in [-0.15, -0.1) is 5.10 Å². The highest BCUT2D eigenvalue weighted by Crippen LogP contribution is 2.28. The number of carbonyl (C=O) groups excluding carboxylic acids is 2. The second kappa shape index (κ2) is 6.51. The highest BCUT2D eigenvalue weighted by molar-refractivity contribution is 7.90. The number of rotatable bonds is 6. The monoisotopic (exact) mass is 366 g/mol. The number of Topliss-reactive ketones (excluding diaryl/α,β-unsaturated/α-hetero) is 2. The minimum Gasteiger partial charge on any atom is -0.299 e. The van der Waals surface area contributed by atoms with E-state index in [1.54, 1.807) is 7.05 Å². The standard InChI is InChI=1S/C14H14N4O6S/c1-8(19)13(11-7-17(2)16-15-11)14(20)10-5-4-9(25(3,23)24)6-12(10)18(21)22/h4-7,13H,1-3H3. The van der Waals surface area contributed by atoms with Gasteiger partial charge in [0.2, 0.25) is 0 Å². The first-order chi connectivity index (χ1) is 11.5. The van der Waals surface area contributed by atoms with Crippen molar-refractivity contribution in [3.05, 3.63) is 45.8 Å². The molecule has 0 saturated carbocycles. The zero-order valence-corrected chi connectivity index (χ0v) is 14.3. The molecule has 0 fully saturated rings. The van der Waals surface area contributed by atoms with Crippen molar-refractivity contribution in [1.29, 1.82) is 0 Å². The van der Waals surface area contributed by atoms with Crippen LogP contribution in [0, 0.1) is 10.1 Å². The van der Waals surface area contributed by atoms with Gasteiger partial charge in [-0.2, -0.15) is 0 Å². The van der Waals surface area contributed by atoms with Crippen molar-refractivity contribution >= 4 is 27.1 Å². The second-order valence-electron chi connectivity index (χ2n) is 5.43. The van der Waals surface area contributed by atoms with Gasteiger partial charge in [0.05, 0.1) is 15.4 Å². The summed E-state index contributed by atoms with van der Waals surface area (Å²) in [6.07, 6.45) is 2.26. The van der Waals surface area contributed by atoms with Crippen LogP contribution in [0.15, 0.2) is 29.3 Å². The number of aryl methyl sites for hydroxylation is 1. The Balaban J connectivity index is 2.60. The quantitative estimate of drug-likeness (QED) is 0.314. The molecule has 0 bridgehead atoms. The van der Waals surface area contributed by atoms with E-state index in [2.05, 4.69) is 10.3 Å². The number of carbonyl (C=O) groups is 2. The normalized spacial score (nSPS) is 12.6. The second-order valence-corrected chi connectivity index (χ2v) is 7.45. The molecule has 0 saturated heterocycles. The van der Waals surface area contributed by atoms with E-state index < -0.39 is 37.9 Å². The van der Waals surface area contributed by atoms with E-state index >= 15 is 0 Å². The van der Waals surface area contributed by atoms with Crippen LogP contribution in [0.2, 0.25) is 0 Å². The smallest absolute Gasteiger partial charge is 0.281 e. The first-order valence-corrected chi connectivity index (χ1v) is 8.81. The number of aromatic nitrogens is 3. The first-order valence-electron chi connectivity index (χ1n) is 6.91. The van der Waals surface area contributed by atoms with Crippen LogP contribution in [0.4, 0.5) is 5.69 Å². The lowest BCUT2D eigenvalue weighted by Crippen LogP contribution is -2.21. The maximum Gasteiger partial charge on any atom is 0.281 e. The van der Waals surface area contributed by atoms with Gasteiger partial charge in [0.15, 0.2) is 15.6 Å². The fourth-order valence-electron chi connectivity index (χ4n) is 2.28. The molecule has 0 aliphatic rings. The molecule has 0 spiro atoms. The van der Waals surface area contributed by atoms with Gasteiger partial charge in [0, 0.05) is 25.6 Å². The molecular formula is C14H14N4O6S. The van der Waals surface area contributed by atoms with Crippen LogP contribution in [0.5, 0.6) is 0 Å². The van der Waals surface area contributed by atoms with Crippen LogP contribution < -0.4 is 0 Å². The molecule has 2 rings (SSSR count). The third kappa shape index (κ3) is 3.76. The summed E-state index contributed by atoms with van der Waals surface area (Å²) >= 11 is 0. The summed E-state index contributed by atoms with van der Waals surface area (Å²) in [5, 5.41) is 18.6. The lowest BCUT2D eigenvalue weighted by atomic mass is 9.91. The van der Waals surface area contributed by atoms with Gasteiger partial charge in [-0.05, 0) is 19.1 Å². The molecule has 0 aliphatic carbocycles. The highest BCUT2D eigenvalue weighted by atomic mass is 32.2. The van der Waals surface area contributed by atoms with Gasteiger partial charge in [-0.25, -0.2) is 8.42 Å². The van der Waals surface area contributed by atoms with Crippen molar-refractivity contribution in [2.45, 2.75) is 17.7 Å². The molecule has 25 heavy (non-hydrogen) atoms. The van der Waals surface area contributed by atoms with E-state index in [0.29, 0.717) is 0 Å². The summed E-state index contributed by atoms with van der Waals surface area (Å²) in [7, 11) is -2.15. The zero-order valence-electron chi connectivity index (χ0n) is 13.5. The number of sulfone groups is 1. The fourth-order valence-corrected chi connectivity index (χ4v) is 2.92. The van der Waals surface area contributed by atoms with Crippen LogP contribution in [-0.4, -0.2) is 46.2 Å².